The van der Waals surface area contributed by atoms with E-state index in [1.807, 2.05) is 6.92 Å². The van der Waals surface area contributed by atoms with E-state index in [2.05, 4.69) is 0 Å². The smallest absolute Gasteiger partial charge is 0.273 e. The maximum Gasteiger partial charge on any atom is 0.273 e. The average Bonchev–Trinajstić information content (AvgIpc) is 2.67. The van der Waals surface area contributed by atoms with Crippen molar-refractivity contribution in [2.24, 2.45) is 11.8 Å². The van der Waals surface area contributed by atoms with Gasteiger partial charge in [-0.15, -0.1) is 0 Å². The molecular formula is C8H11FO4S. The highest BCUT2D eigenvalue weighted by Crippen LogP contribution is 2.52. The third-order valence-corrected chi connectivity index (χ3v) is 5.37. The van der Waals surface area contributed by atoms with Gasteiger partial charge in [-0.3, -0.25) is 8.57 Å². The van der Waals surface area contributed by atoms with Gasteiger partial charge < -0.3 is 4.74 Å². The molecule has 0 aromatic carbocycles. The first-order valence-corrected chi connectivity index (χ1v) is 6.17. The van der Waals surface area contributed by atoms with Crippen LogP contribution in [0, 0.1) is 11.8 Å². The Morgan fingerprint density at radius 2 is 2.00 bits per heavy atom. The average molecular weight is 222 g/mol. The van der Waals surface area contributed by atoms with E-state index < -0.39 is 34.1 Å². The summed E-state index contributed by atoms with van der Waals surface area (Å²) in [6.45, 7) is 1.21. The summed E-state index contributed by atoms with van der Waals surface area (Å²) in [6.07, 6.45) is -1.09. The predicted molar refractivity (Wildman–Crippen MR) is 44.9 cm³/mol. The minimum atomic E-state index is -3.59. The third kappa shape index (κ3) is 0.827. The molecule has 4 nitrogen and oxygen atoms in total. The van der Waals surface area contributed by atoms with Crippen molar-refractivity contribution in [1.29, 1.82) is 0 Å². The lowest BCUT2D eigenvalue weighted by atomic mass is 9.81. The van der Waals surface area contributed by atoms with Gasteiger partial charge in [0.25, 0.3) is 10.1 Å². The number of hydrogen-bond donors (Lipinski definition) is 0. The van der Waals surface area contributed by atoms with Crippen LogP contribution in [-0.4, -0.2) is 38.7 Å². The molecule has 80 valence electrons. The van der Waals surface area contributed by atoms with Crippen molar-refractivity contribution in [3.63, 3.8) is 0 Å². The van der Waals surface area contributed by atoms with Gasteiger partial charge in [-0.1, -0.05) is 6.92 Å². The second-order valence-electron chi connectivity index (χ2n) is 4.26. The van der Waals surface area contributed by atoms with E-state index in [4.69, 9.17) is 8.92 Å². The molecule has 3 aliphatic heterocycles. The Bertz CT molecular complexity index is 368. The fourth-order valence-corrected chi connectivity index (χ4v) is 4.90. The first-order chi connectivity index (χ1) is 6.56. The number of fused-ring (bicyclic) bond motifs is 1. The van der Waals surface area contributed by atoms with E-state index >= 15 is 0 Å². The SMILES string of the molecule is CC1C2OC3C1OS(=O)(=O)C3C2CF. The number of halogens is 1. The first-order valence-electron chi connectivity index (χ1n) is 4.70. The standard InChI is InChI=1S/C8H11FO4S/c1-3-5-4(2-9)8-7(12-5)6(3)13-14(8,10)11/h3-8H,2H2,1H3. The van der Waals surface area contributed by atoms with E-state index in [0.29, 0.717) is 0 Å². The van der Waals surface area contributed by atoms with Crippen molar-refractivity contribution in [3.8, 4) is 0 Å². The summed E-state index contributed by atoms with van der Waals surface area (Å²) in [5, 5.41) is -0.765. The molecule has 14 heavy (non-hydrogen) atoms. The van der Waals surface area contributed by atoms with Crippen LogP contribution in [0.1, 0.15) is 6.92 Å². The van der Waals surface area contributed by atoms with Gasteiger partial charge in [-0.05, 0) is 0 Å². The molecule has 6 unspecified atom stereocenters. The van der Waals surface area contributed by atoms with E-state index in [-0.39, 0.29) is 18.1 Å². The zero-order chi connectivity index (χ0) is 10.1. The Kier molecular flexibility index (Phi) is 1.61. The van der Waals surface area contributed by atoms with Crippen LogP contribution < -0.4 is 0 Å². The van der Waals surface area contributed by atoms with E-state index in [1.54, 1.807) is 0 Å². The molecule has 0 N–H and O–H groups in total. The van der Waals surface area contributed by atoms with E-state index in [9.17, 15) is 12.8 Å². The molecule has 2 bridgehead atoms. The van der Waals surface area contributed by atoms with Gasteiger partial charge in [-0.25, -0.2) is 0 Å². The van der Waals surface area contributed by atoms with Gasteiger partial charge in [0.15, 0.2) is 0 Å². The molecule has 6 heteroatoms. The summed E-state index contributed by atoms with van der Waals surface area (Å²) in [6, 6.07) is 0. The van der Waals surface area contributed by atoms with Crippen molar-refractivity contribution in [1.82, 2.24) is 0 Å². The van der Waals surface area contributed by atoms with Crippen molar-refractivity contribution in [2.75, 3.05) is 6.67 Å². The Morgan fingerprint density at radius 1 is 1.29 bits per heavy atom. The van der Waals surface area contributed by atoms with Gasteiger partial charge in [0.05, 0.1) is 12.8 Å². The molecule has 0 aromatic rings. The van der Waals surface area contributed by atoms with Crippen molar-refractivity contribution in [3.05, 3.63) is 0 Å². The van der Waals surface area contributed by atoms with Crippen LogP contribution >= 0.6 is 0 Å². The van der Waals surface area contributed by atoms with Crippen LogP contribution in [0.25, 0.3) is 0 Å². The topological polar surface area (TPSA) is 52.6 Å². The lowest BCUT2D eigenvalue weighted by Gasteiger charge is -2.23. The highest BCUT2D eigenvalue weighted by atomic mass is 32.2. The molecular weight excluding hydrogens is 211 g/mol. The summed E-state index contributed by atoms with van der Waals surface area (Å²) in [5.74, 6) is -0.548. The lowest BCUT2D eigenvalue weighted by molar-refractivity contribution is 0.0697. The predicted octanol–water partition coefficient (Wildman–Crippen LogP) is 0.0864. The summed E-state index contributed by atoms with van der Waals surface area (Å²) >= 11 is 0. The zero-order valence-electron chi connectivity index (χ0n) is 7.59. The Morgan fingerprint density at radius 3 is 2.64 bits per heavy atom. The Balaban J connectivity index is 2.09. The first kappa shape index (κ1) is 9.06. The summed E-state index contributed by atoms with van der Waals surface area (Å²) in [4.78, 5) is 0. The van der Waals surface area contributed by atoms with Crippen molar-refractivity contribution in [2.45, 2.75) is 30.5 Å². The molecule has 3 saturated heterocycles. The van der Waals surface area contributed by atoms with Gasteiger partial charge in [0.2, 0.25) is 0 Å². The van der Waals surface area contributed by atoms with Crippen LogP contribution in [0.3, 0.4) is 0 Å². The minimum Gasteiger partial charge on any atom is -0.370 e. The summed E-state index contributed by atoms with van der Waals surface area (Å²) in [7, 11) is -3.59. The van der Waals surface area contributed by atoms with Gasteiger partial charge >= 0.3 is 0 Å². The van der Waals surface area contributed by atoms with Crippen molar-refractivity contribution >= 4 is 10.1 Å². The lowest BCUT2D eigenvalue weighted by Crippen LogP contribution is -2.41. The summed E-state index contributed by atoms with van der Waals surface area (Å²) in [5.41, 5.74) is 0. The van der Waals surface area contributed by atoms with Gasteiger partial charge in [0, 0.05) is 11.8 Å². The second kappa shape index (κ2) is 2.48. The molecule has 3 heterocycles. The zero-order valence-corrected chi connectivity index (χ0v) is 8.41. The quantitative estimate of drug-likeness (QED) is 0.590. The van der Waals surface area contributed by atoms with Crippen molar-refractivity contribution < 1.29 is 21.7 Å². The molecule has 3 rings (SSSR count). The Labute approximate surface area is 81.5 Å². The largest absolute Gasteiger partial charge is 0.370 e. The highest BCUT2D eigenvalue weighted by molar-refractivity contribution is 7.87. The third-order valence-electron chi connectivity index (χ3n) is 3.60. The van der Waals surface area contributed by atoms with Crippen LogP contribution in [0.15, 0.2) is 0 Å². The molecule has 3 aliphatic rings. The normalized spacial score (nSPS) is 58.1. The molecule has 6 atom stereocenters. The van der Waals surface area contributed by atoms with Crippen LogP contribution in [0.4, 0.5) is 4.39 Å². The molecule has 3 fully saturated rings. The second-order valence-corrected chi connectivity index (χ2v) is 5.98. The fraction of sp³-hybridized carbons (Fsp3) is 1.00. The van der Waals surface area contributed by atoms with Crippen LogP contribution in [0.2, 0.25) is 0 Å². The maximum atomic E-state index is 12.7. The molecule has 0 amide bonds. The number of rotatable bonds is 1. The number of alkyl halides is 1. The molecule has 0 aliphatic carbocycles. The monoisotopic (exact) mass is 222 g/mol. The van der Waals surface area contributed by atoms with Gasteiger partial charge in [-0.2, -0.15) is 8.42 Å². The maximum absolute atomic E-state index is 12.7. The minimum absolute atomic E-state index is 0.0192. The fourth-order valence-electron chi connectivity index (χ4n) is 2.97. The Hall–Kier alpha value is -0.200. The molecule has 0 saturated carbocycles. The highest BCUT2D eigenvalue weighted by Gasteiger charge is 2.68. The molecule has 0 spiro atoms. The number of hydrogen-bond acceptors (Lipinski definition) is 4. The van der Waals surface area contributed by atoms with E-state index in [1.165, 1.54) is 0 Å². The molecule has 0 radical (unpaired) electrons. The molecule has 0 aromatic heterocycles. The van der Waals surface area contributed by atoms with Gasteiger partial charge in [0.1, 0.15) is 17.5 Å². The summed E-state index contributed by atoms with van der Waals surface area (Å²) < 4.78 is 46.2. The van der Waals surface area contributed by atoms with Crippen LogP contribution in [-0.2, 0) is 19.0 Å². The number of ether oxygens (including phenoxy) is 1. The van der Waals surface area contributed by atoms with Crippen LogP contribution in [0.5, 0.6) is 0 Å². The van der Waals surface area contributed by atoms with E-state index in [0.717, 1.165) is 0 Å².